The van der Waals surface area contributed by atoms with Gasteiger partial charge in [0.15, 0.2) is 5.69 Å². The zero-order chi connectivity index (χ0) is 15.2. The minimum Gasteiger partial charge on any atom is -0.349 e. The van der Waals surface area contributed by atoms with Crippen LogP contribution in [0, 0.1) is 11.6 Å². The number of benzene rings is 1. The lowest BCUT2D eigenvalue weighted by atomic mass is 10.0. The van der Waals surface area contributed by atoms with Crippen LogP contribution in [0.1, 0.15) is 23.7 Å². The summed E-state index contributed by atoms with van der Waals surface area (Å²) in [5.74, 6) is -1.40. The Bertz CT molecular complexity index is 677. The van der Waals surface area contributed by atoms with Crippen LogP contribution in [0.25, 0.3) is 0 Å². The first kappa shape index (κ1) is 13.8. The normalized spacial score (nSPS) is 18.2. The average Bonchev–Trinajstić information content (AvgIpc) is 2.81. The van der Waals surface area contributed by atoms with Crippen LogP contribution in [0.5, 0.6) is 0 Å². The zero-order valence-electron chi connectivity index (χ0n) is 10.6. The highest BCUT2D eigenvalue weighted by Gasteiger charge is 2.36. The van der Waals surface area contributed by atoms with E-state index in [1.165, 1.54) is 10.6 Å². The van der Waals surface area contributed by atoms with Crippen molar-refractivity contribution in [2.45, 2.75) is 25.2 Å². The number of fused-ring (bicyclic) bond motifs is 1. The number of aromatic nitrogens is 2. The lowest BCUT2D eigenvalue weighted by Crippen LogP contribution is -2.22. The third kappa shape index (κ3) is 2.57. The second kappa shape index (κ2) is 4.71. The Kier molecular flexibility index (Phi) is 3.11. The lowest BCUT2D eigenvalue weighted by molar-refractivity contribution is -0.140. The minimum absolute atomic E-state index is 0.0299. The van der Waals surface area contributed by atoms with Crippen molar-refractivity contribution in [3.8, 4) is 0 Å². The smallest absolute Gasteiger partial charge is 0.349 e. The maximum atomic E-state index is 13.7. The molecule has 0 amide bonds. The van der Waals surface area contributed by atoms with Crippen LogP contribution >= 0.6 is 0 Å². The molecule has 0 bridgehead atoms. The van der Waals surface area contributed by atoms with Gasteiger partial charge in [-0.1, -0.05) is 6.07 Å². The first-order valence-corrected chi connectivity index (χ1v) is 6.20. The van der Waals surface area contributed by atoms with Crippen molar-refractivity contribution < 1.29 is 22.0 Å². The van der Waals surface area contributed by atoms with Crippen molar-refractivity contribution in [1.29, 1.82) is 0 Å². The molecule has 2 heterocycles. The van der Waals surface area contributed by atoms with Crippen LogP contribution in [0.15, 0.2) is 24.4 Å². The van der Waals surface area contributed by atoms with Crippen LogP contribution in [0.4, 0.5) is 27.9 Å². The Morgan fingerprint density at radius 1 is 1.24 bits per heavy atom. The van der Waals surface area contributed by atoms with Crippen molar-refractivity contribution in [3.63, 3.8) is 0 Å². The summed E-state index contributed by atoms with van der Waals surface area (Å²) in [6, 6.07) is 2.61. The van der Waals surface area contributed by atoms with Crippen LogP contribution < -0.4 is 5.32 Å². The molecule has 0 aliphatic carbocycles. The summed E-state index contributed by atoms with van der Waals surface area (Å²) in [6.45, 7) is 0.271. The summed E-state index contributed by atoms with van der Waals surface area (Å²) in [6.07, 6.45) is -3.23. The molecule has 0 fully saturated rings. The van der Waals surface area contributed by atoms with Gasteiger partial charge in [0.05, 0.1) is 6.04 Å². The van der Waals surface area contributed by atoms with Gasteiger partial charge < -0.3 is 9.88 Å². The van der Waals surface area contributed by atoms with E-state index in [1.807, 2.05) is 0 Å². The molecule has 0 spiro atoms. The van der Waals surface area contributed by atoms with E-state index in [9.17, 15) is 22.0 Å². The van der Waals surface area contributed by atoms with Crippen molar-refractivity contribution in [1.82, 2.24) is 9.55 Å². The fourth-order valence-electron chi connectivity index (χ4n) is 2.35. The van der Waals surface area contributed by atoms with Gasteiger partial charge in [-0.05, 0) is 12.5 Å². The fourth-order valence-corrected chi connectivity index (χ4v) is 2.35. The largest absolute Gasteiger partial charge is 0.434 e. The Morgan fingerprint density at radius 2 is 2.00 bits per heavy atom. The molecule has 112 valence electrons. The molecule has 0 radical (unpaired) electrons. The maximum absolute atomic E-state index is 13.7. The molecule has 1 N–H and O–H groups in total. The molecule has 0 saturated heterocycles. The van der Waals surface area contributed by atoms with E-state index < -0.39 is 29.5 Å². The van der Waals surface area contributed by atoms with Gasteiger partial charge >= 0.3 is 6.18 Å². The van der Waals surface area contributed by atoms with Crippen molar-refractivity contribution >= 4 is 5.95 Å². The van der Waals surface area contributed by atoms with Gasteiger partial charge in [0.2, 0.25) is 5.95 Å². The van der Waals surface area contributed by atoms with Gasteiger partial charge in [-0.3, -0.25) is 0 Å². The molecule has 8 heteroatoms. The Hall–Kier alpha value is -2.12. The van der Waals surface area contributed by atoms with Crippen LogP contribution in [0.3, 0.4) is 0 Å². The van der Waals surface area contributed by atoms with E-state index in [4.69, 9.17) is 0 Å². The van der Waals surface area contributed by atoms with E-state index >= 15 is 0 Å². The van der Waals surface area contributed by atoms with Crippen molar-refractivity contribution in [3.05, 3.63) is 47.3 Å². The molecule has 1 aliphatic heterocycles. The van der Waals surface area contributed by atoms with E-state index in [-0.39, 0.29) is 18.1 Å². The number of aryl methyl sites for hydroxylation is 1. The van der Waals surface area contributed by atoms with Gasteiger partial charge in [-0.2, -0.15) is 13.2 Å². The predicted molar refractivity (Wildman–Crippen MR) is 64.6 cm³/mol. The van der Waals surface area contributed by atoms with Crippen LogP contribution in [-0.2, 0) is 12.7 Å². The Balaban J connectivity index is 1.89. The van der Waals surface area contributed by atoms with Gasteiger partial charge in [0.25, 0.3) is 0 Å². The molecule has 1 aromatic carbocycles. The standard InChI is InChI=1S/C13H10F5N3/c14-7-1-2-8(9(15)5-7)10-3-4-21-6-11(13(16,17)18)20-12(21)19-10/h1-2,5-6,10H,3-4H2,(H,19,20). The summed E-state index contributed by atoms with van der Waals surface area (Å²) in [4.78, 5) is 3.48. The highest BCUT2D eigenvalue weighted by molar-refractivity contribution is 5.38. The number of halogens is 5. The molecule has 3 rings (SSSR count). The number of imidazole rings is 1. The molecule has 0 saturated carbocycles. The molecular formula is C13H10F5N3. The molecule has 1 atom stereocenters. The average molecular weight is 303 g/mol. The number of hydrogen-bond acceptors (Lipinski definition) is 2. The van der Waals surface area contributed by atoms with E-state index in [2.05, 4.69) is 10.3 Å². The first-order valence-electron chi connectivity index (χ1n) is 6.20. The minimum atomic E-state index is -4.53. The van der Waals surface area contributed by atoms with E-state index in [1.54, 1.807) is 0 Å². The number of anilines is 1. The van der Waals surface area contributed by atoms with Gasteiger partial charge in [-0.15, -0.1) is 0 Å². The SMILES string of the molecule is Fc1ccc(C2CCn3cc(C(F)(F)F)nc3N2)c(F)c1. The van der Waals surface area contributed by atoms with E-state index in [0.29, 0.717) is 6.42 Å². The molecule has 2 aromatic rings. The third-order valence-electron chi connectivity index (χ3n) is 3.37. The molecular weight excluding hydrogens is 293 g/mol. The summed E-state index contributed by atoms with van der Waals surface area (Å²) < 4.78 is 65.7. The predicted octanol–water partition coefficient (Wildman–Crippen LogP) is 3.74. The summed E-state index contributed by atoms with van der Waals surface area (Å²) in [5.41, 5.74) is -0.788. The fraction of sp³-hybridized carbons (Fsp3) is 0.308. The third-order valence-corrected chi connectivity index (χ3v) is 3.37. The van der Waals surface area contributed by atoms with Gasteiger partial charge in [0, 0.05) is 24.4 Å². The second-order valence-corrected chi connectivity index (χ2v) is 4.79. The summed E-state index contributed by atoms with van der Waals surface area (Å²) >= 11 is 0. The maximum Gasteiger partial charge on any atom is 0.434 e. The van der Waals surface area contributed by atoms with E-state index in [0.717, 1.165) is 18.3 Å². The zero-order valence-corrected chi connectivity index (χ0v) is 10.6. The molecule has 1 aromatic heterocycles. The number of hydrogen-bond donors (Lipinski definition) is 1. The topological polar surface area (TPSA) is 29.9 Å². The number of rotatable bonds is 1. The number of alkyl halides is 3. The highest BCUT2D eigenvalue weighted by atomic mass is 19.4. The van der Waals surface area contributed by atoms with Crippen LogP contribution in [-0.4, -0.2) is 9.55 Å². The number of nitrogens with one attached hydrogen (secondary N) is 1. The van der Waals surface area contributed by atoms with Crippen LogP contribution in [0.2, 0.25) is 0 Å². The molecule has 21 heavy (non-hydrogen) atoms. The molecule has 1 aliphatic rings. The first-order chi connectivity index (χ1) is 9.84. The summed E-state index contributed by atoms with van der Waals surface area (Å²) in [7, 11) is 0. The van der Waals surface area contributed by atoms with Gasteiger partial charge in [0.1, 0.15) is 11.6 Å². The quantitative estimate of drug-likeness (QED) is 0.813. The molecule has 1 unspecified atom stereocenters. The lowest BCUT2D eigenvalue weighted by Gasteiger charge is -2.26. The monoisotopic (exact) mass is 303 g/mol. The molecule has 3 nitrogen and oxygen atoms in total. The second-order valence-electron chi connectivity index (χ2n) is 4.79. The van der Waals surface area contributed by atoms with Gasteiger partial charge in [-0.25, -0.2) is 13.8 Å². The van der Waals surface area contributed by atoms with Crippen molar-refractivity contribution in [2.24, 2.45) is 0 Å². The number of nitrogens with zero attached hydrogens (tertiary/aromatic N) is 2. The Morgan fingerprint density at radius 3 is 2.67 bits per heavy atom. The Labute approximate surface area is 116 Å². The highest BCUT2D eigenvalue weighted by Crippen LogP contribution is 2.34. The summed E-state index contributed by atoms with van der Waals surface area (Å²) in [5, 5.41) is 2.76. The van der Waals surface area contributed by atoms with Crippen molar-refractivity contribution in [2.75, 3.05) is 5.32 Å².